The molecular formula is C19H13BrO. The van der Waals surface area contributed by atoms with Crippen molar-refractivity contribution in [2.24, 2.45) is 0 Å². The maximum absolute atomic E-state index is 5.92. The molecule has 102 valence electrons. The van der Waals surface area contributed by atoms with E-state index in [-0.39, 0.29) is 0 Å². The van der Waals surface area contributed by atoms with E-state index < -0.39 is 0 Å². The first kappa shape index (κ1) is 12.7. The van der Waals surface area contributed by atoms with Crippen molar-refractivity contribution in [2.75, 3.05) is 0 Å². The lowest BCUT2D eigenvalue weighted by atomic mass is 10.0. The van der Waals surface area contributed by atoms with Crippen LogP contribution in [0.3, 0.4) is 0 Å². The Balaban J connectivity index is 1.71. The van der Waals surface area contributed by atoms with Gasteiger partial charge in [0.05, 0.1) is 0 Å². The van der Waals surface area contributed by atoms with Crippen molar-refractivity contribution >= 4 is 37.7 Å². The highest BCUT2D eigenvalue weighted by Gasteiger charge is 2.06. The van der Waals surface area contributed by atoms with Gasteiger partial charge in [0.1, 0.15) is 11.3 Å². The molecule has 0 saturated heterocycles. The van der Waals surface area contributed by atoms with E-state index in [9.17, 15) is 0 Å². The summed E-state index contributed by atoms with van der Waals surface area (Å²) in [5.41, 5.74) is 2.21. The quantitative estimate of drug-likeness (QED) is 0.441. The van der Waals surface area contributed by atoms with Crippen molar-refractivity contribution < 1.29 is 4.42 Å². The summed E-state index contributed by atoms with van der Waals surface area (Å²) >= 11 is 3.49. The molecule has 0 aliphatic rings. The second-order valence-electron chi connectivity index (χ2n) is 5.25. The van der Waals surface area contributed by atoms with Crippen LogP contribution in [0.4, 0.5) is 0 Å². The van der Waals surface area contributed by atoms with E-state index in [0.29, 0.717) is 0 Å². The first-order valence-electron chi connectivity index (χ1n) is 6.94. The summed E-state index contributed by atoms with van der Waals surface area (Å²) in [5.74, 6) is 0.999. The minimum Gasteiger partial charge on any atom is -0.461 e. The van der Waals surface area contributed by atoms with E-state index in [1.165, 1.54) is 16.3 Å². The van der Waals surface area contributed by atoms with Crippen LogP contribution < -0.4 is 0 Å². The Hall–Kier alpha value is -2.06. The van der Waals surface area contributed by atoms with Crippen LogP contribution in [0.1, 0.15) is 11.3 Å². The summed E-state index contributed by atoms with van der Waals surface area (Å²) in [4.78, 5) is 0. The topological polar surface area (TPSA) is 13.1 Å². The van der Waals surface area contributed by atoms with Gasteiger partial charge >= 0.3 is 0 Å². The second kappa shape index (κ2) is 5.05. The summed E-state index contributed by atoms with van der Waals surface area (Å²) in [6, 6.07) is 23.2. The van der Waals surface area contributed by atoms with E-state index >= 15 is 0 Å². The molecule has 0 N–H and O–H groups in total. The molecule has 4 rings (SSSR count). The fourth-order valence-electron chi connectivity index (χ4n) is 2.71. The van der Waals surface area contributed by atoms with Crippen molar-refractivity contribution in [2.45, 2.75) is 6.42 Å². The van der Waals surface area contributed by atoms with Gasteiger partial charge in [-0.05, 0) is 40.6 Å². The molecule has 0 aliphatic carbocycles. The zero-order valence-electron chi connectivity index (χ0n) is 11.3. The predicted octanol–water partition coefficient (Wildman–Crippen LogP) is 5.94. The van der Waals surface area contributed by atoms with Crippen LogP contribution >= 0.6 is 15.9 Å². The zero-order chi connectivity index (χ0) is 14.2. The third kappa shape index (κ3) is 2.47. The molecule has 0 unspecified atom stereocenters. The highest BCUT2D eigenvalue weighted by Crippen LogP contribution is 2.25. The van der Waals surface area contributed by atoms with Gasteiger partial charge in [0, 0.05) is 16.3 Å². The highest BCUT2D eigenvalue weighted by atomic mass is 79.9. The van der Waals surface area contributed by atoms with Crippen molar-refractivity contribution in [3.63, 3.8) is 0 Å². The van der Waals surface area contributed by atoms with Gasteiger partial charge in [-0.15, -0.1) is 0 Å². The standard InChI is InChI=1S/C19H13BrO/c20-17-7-8-19-16(11-17)12-18(21-19)10-13-5-6-14-3-1-2-4-15(14)9-13/h1-9,11-12H,10H2. The lowest BCUT2D eigenvalue weighted by molar-refractivity contribution is 0.563. The van der Waals surface area contributed by atoms with Gasteiger partial charge in [0.25, 0.3) is 0 Å². The van der Waals surface area contributed by atoms with Gasteiger partial charge in [-0.25, -0.2) is 0 Å². The van der Waals surface area contributed by atoms with Crippen LogP contribution in [-0.4, -0.2) is 0 Å². The predicted molar refractivity (Wildman–Crippen MR) is 90.7 cm³/mol. The maximum Gasteiger partial charge on any atom is 0.134 e. The number of hydrogen-bond donors (Lipinski definition) is 0. The van der Waals surface area contributed by atoms with Crippen LogP contribution in [0.15, 0.2) is 75.6 Å². The number of hydrogen-bond acceptors (Lipinski definition) is 1. The van der Waals surface area contributed by atoms with E-state index in [2.05, 4.69) is 70.5 Å². The number of fused-ring (bicyclic) bond motifs is 2. The first-order chi connectivity index (χ1) is 10.3. The minimum atomic E-state index is 0.817. The fraction of sp³-hybridized carbons (Fsp3) is 0.0526. The number of benzene rings is 3. The van der Waals surface area contributed by atoms with Gasteiger partial charge in [-0.3, -0.25) is 0 Å². The van der Waals surface area contributed by atoms with Crippen molar-refractivity contribution in [1.82, 2.24) is 0 Å². The lowest BCUT2D eigenvalue weighted by Crippen LogP contribution is -1.85. The van der Waals surface area contributed by atoms with Gasteiger partial charge in [-0.2, -0.15) is 0 Å². The third-order valence-corrected chi connectivity index (χ3v) is 4.21. The average Bonchev–Trinajstić information content (AvgIpc) is 2.88. The van der Waals surface area contributed by atoms with Crippen LogP contribution in [-0.2, 0) is 6.42 Å². The molecule has 1 aromatic heterocycles. The normalized spacial score (nSPS) is 11.3. The molecule has 0 bridgehead atoms. The smallest absolute Gasteiger partial charge is 0.134 e. The monoisotopic (exact) mass is 336 g/mol. The Labute approximate surface area is 131 Å². The van der Waals surface area contributed by atoms with Crippen LogP contribution in [0, 0.1) is 0 Å². The van der Waals surface area contributed by atoms with E-state index in [4.69, 9.17) is 4.42 Å². The summed E-state index contributed by atoms with van der Waals surface area (Å²) < 4.78 is 7.00. The number of furan rings is 1. The van der Waals surface area contributed by atoms with Gasteiger partial charge < -0.3 is 4.42 Å². The van der Waals surface area contributed by atoms with E-state index in [1.54, 1.807) is 0 Å². The molecule has 0 spiro atoms. The van der Waals surface area contributed by atoms with E-state index in [1.807, 2.05) is 12.1 Å². The summed E-state index contributed by atoms with van der Waals surface area (Å²) in [5, 5.41) is 3.68. The number of rotatable bonds is 2. The second-order valence-corrected chi connectivity index (χ2v) is 6.17. The largest absolute Gasteiger partial charge is 0.461 e. The number of halogens is 1. The summed E-state index contributed by atoms with van der Waals surface area (Å²) in [6.07, 6.45) is 0.817. The molecule has 0 fully saturated rings. The SMILES string of the molecule is Brc1ccc2oc(Cc3ccc4ccccc4c3)cc2c1. The molecule has 2 heteroatoms. The molecule has 3 aromatic carbocycles. The van der Waals surface area contributed by atoms with Crippen molar-refractivity contribution in [3.05, 3.63) is 82.5 Å². The van der Waals surface area contributed by atoms with Crippen LogP contribution in [0.5, 0.6) is 0 Å². The molecule has 21 heavy (non-hydrogen) atoms. The summed E-state index contributed by atoms with van der Waals surface area (Å²) in [6.45, 7) is 0. The van der Waals surface area contributed by atoms with Gasteiger partial charge in [0.2, 0.25) is 0 Å². The van der Waals surface area contributed by atoms with Crippen LogP contribution in [0.25, 0.3) is 21.7 Å². The Morgan fingerprint density at radius 3 is 2.52 bits per heavy atom. The molecule has 0 saturated carbocycles. The highest BCUT2D eigenvalue weighted by molar-refractivity contribution is 9.10. The molecule has 0 aliphatic heterocycles. The molecule has 1 nitrogen and oxygen atoms in total. The first-order valence-corrected chi connectivity index (χ1v) is 7.73. The minimum absolute atomic E-state index is 0.817. The zero-order valence-corrected chi connectivity index (χ0v) is 12.9. The third-order valence-electron chi connectivity index (χ3n) is 3.72. The Morgan fingerprint density at radius 2 is 1.62 bits per heavy atom. The lowest BCUT2D eigenvalue weighted by Gasteiger charge is -2.01. The summed E-state index contributed by atoms with van der Waals surface area (Å²) in [7, 11) is 0. The Kier molecular flexibility index (Phi) is 3.04. The Morgan fingerprint density at radius 1 is 0.762 bits per heavy atom. The molecule has 4 aromatic rings. The van der Waals surface area contributed by atoms with E-state index in [0.717, 1.165) is 27.6 Å². The van der Waals surface area contributed by atoms with Gasteiger partial charge in [-0.1, -0.05) is 58.4 Å². The molecular weight excluding hydrogens is 324 g/mol. The maximum atomic E-state index is 5.92. The van der Waals surface area contributed by atoms with Crippen molar-refractivity contribution in [3.8, 4) is 0 Å². The average molecular weight is 337 g/mol. The fourth-order valence-corrected chi connectivity index (χ4v) is 3.09. The molecule has 0 amide bonds. The van der Waals surface area contributed by atoms with Crippen LogP contribution in [0.2, 0.25) is 0 Å². The Bertz CT molecular complexity index is 937. The molecule has 1 heterocycles. The van der Waals surface area contributed by atoms with Crippen molar-refractivity contribution in [1.29, 1.82) is 0 Å². The molecule has 0 atom stereocenters. The van der Waals surface area contributed by atoms with Gasteiger partial charge in [0.15, 0.2) is 0 Å². The molecule has 0 radical (unpaired) electrons.